The Balaban J connectivity index is 1.54. The maximum atomic E-state index is 13.2. The molecule has 8 heteroatoms. The zero-order valence-corrected chi connectivity index (χ0v) is 17.2. The molecule has 2 saturated heterocycles. The van der Waals surface area contributed by atoms with Crippen LogP contribution in [0.5, 0.6) is 0 Å². The summed E-state index contributed by atoms with van der Waals surface area (Å²) in [6.07, 6.45) is -0.668. The van der Waals surface area contributed by atoms with E-state index < -0.39 is 24.1 Å². The number of ether oxygens (including phenoxy) is 2. The van der Waals surface area contributed by atoms with Crippen LogP contribution < -0.4 is 5.32 Å². The fraction of sp³-hybridized carbons (Fsp3) is 0.318. The van der Waals surface area contributed by atoms with Crippen molar-refractivity contribution in [2.75, 3.05) is 12.9 Å². The summed E-state index contributed by atoms with van der Waals surface area (Å²) in [5.74, 6) is -0.580. The fourth-order valence-electron chi connectivity index (χ4n) is 3.96. The molecule has 0 spiro atoms. The largest absolute Gasteiger partial charge is 0.467 e. The van der Waals surface area contributed by atoms with Crippen LogP contribution in [0.15, 0.2) is 60.7 Å². The summed E-state index contributed by atoms with van der Waals surface area (Å²) in [7, 11) is 1.31. The Bertz CT molecular complexity index is 924. The van der Waals surface area contributed by atoms with Crippen LogP contribution >= 0.6 is 11.8 Å². The maximum absolute atomic E-state index is 13.2. The number of carbonyl (C=O) groups excluding carboxylic acids is 3. The van der Waals surface area contributed by atoms with Crippen molar-refractivity contribution < 1.29 is 23.9 Å². The van der Waals surface area contributed by atoms with Gasteiger partial charge in [-0.2, -0.15) is 0 Å². The molecule has 2 heterocycles. The standard InChI is InChI=1S/C22H22N2O5S/c1-28-21(26)16-13-30-20-17(15-10-6-3-7-11-15)18(19(25)24(16)20)23-22(27)29-12-14-8-4-2-5-9-14/h2-11,16-18,20H,12-13H2,1H3,(H,23,27)/t16-,17-,18-,20-/m0/s1. The molecule has 0 saturated carbocycles. The van der Waals surface area contributed by atoms with Crippen LogP contribution in [0.25, 0.3) is 0 Å². The van der Waals surface area contributed by atoms with E-state index in [-0.39, 0.29) is 23.8 Å². The van der Waals surface area contributed by atoms with E-state index in [1.165, 1.54) is 18.9 Å². The number of nitrogens with zero attached hydrogens (tertiary/aromatic N) is 1. The van der Waals surface area contributed by atoms with Crippen LogP contribution in [0.4, 0.5) is 4.79 Å². The molecule has 2 aliphatic rings. The van der Waals surface area contributed by atoms with Gasteiger partial charge in [-0.05, 0) is 11.1 Å². The summed E-state index contributed by atoms with van der Waals surface area (Å²) in [5, 5.41) is 2.48. The van der Waals surface area contributed by atoms with E-state index in [0.717, 1.165) is 11.1 Å². The second-order valence-corrected chi connectivity index (χ2v) is 8.28. The predicted octanol–water partition coefficient (Wildman–Crippen LogP) is 2.52. The second-order valence-electron chi connectivity index (χ2n) is 7.13. The lowest BCUT2D eigenvalue weighted by molar-refractivity contribution is -0.150. The Kier molecular flexibility index (Phi) is 5.94. The van der Waals surface area contributed by atoms with Crippen molar-refractivity contribution >= 4 is 29.7 Å². The third-order valence-corrected chi connectivity index (χ3v) is 6.74. The van der Waals surface area contributed by atoms with Crippen molar-refractivity contribution in [1.29, 1.82) is 0 Å². The summed E-state index contributed by atoms with van der Waals surface area (Å²) in [6, 6.07) is 17.4. The van der Waals surface area contributed by atoms with Gasteiger partial charge in [0.2, 0.25) is 5.91 Å². The van der Waals surface area contributed by atoms with Gasteiger partial charge in [-0.1, -0.05) is 60.7 Å². The predicted molar refractivity (Wildman–Crippen MR) is 112 cm³/mol. The third-order valence-electron chi connectivity index (χ3n) is 5.37. The SMILES string of the molecule is COC(=O)[C@@H]1CS[C@H]2[C@@H](c3ccccc3)[C@H](NC(=O)OCc3ccccc3)C(=O)N12. The highest BCUT2D eigenvalue weighted by molar-refractivity contribution is 8.00. The van der Waals surface area contributed by atoms with E-state index in [0.29, 0.717) is 5.75 Å². The van der Waals surface area contributed by atoms with E-state index in [1.54, 1.807) is 4.90 Å². The van der Waals surface area contributed by atoms with Crippen LogP contribution in [0.2, 0.25) is 0 Å². The van der Waals surface area contributed by atoms with Crippen LogP contribution in [0, 0.1) is 0 Å². The van der Waals surface area contributed by atoms with Gasteiger partial charge in [0, 0.05) is 11.7 Å². The number of rotatable bonds is 5. The van der Waals surface area contributed by atoms with Crippen LogP contribution in [-0.2, 0) is 25.7 Å². The molecule has 2 aromatic carbocycles. The lowest BCUT2D eigenvalue weighted by Crippen LogP contribution is -2.47. The van der Waals surface area contributed by atoms with E-state index in [2.05, 4.69) is 5.32 Å². The molecule has 156 valence electrons. The van der Waals surface area contributed by atoms with Gasteiger partial charge in [-0.25, -0.2) is 9.59 Å². The van der Waals surface area contributed by atoms with Crippen LogP contribution in [-0.4, -0.2) is 53.2 Å². The minimum absolute atomic E-state index is 0.107. The van der Waals surface area contributed by atoms with Crippen LogP contribution in [0.3, 0.4) is 0 Å². The number of alkyl carbamates (subject to hydrolysis) is 1. The zero-order valence-electron chi connectivity index (χ0n) is 16.4. The molecular weight excluding hydrogens is 404 g/mol. The van der Waals surface area contributed by atoms with Gasteiger partial charge in [0.1, 0.15) is 18.7 Å². The van der Waals surface area contributed by atoms with Gasteiger partial charge in [0.25, 0.3) is 0 Å². The summed E-state index contributed by atoms with van der Waals surface area (Å²) in [4.78, 5) is 39.5. The van der Waals surface area contributed by atoms with E-state index in [9.17, 15) is 14.4 Å². The summed E-state index contributed by atoms with van der Waals surface area (Å²) in [6.45, 7) is 0.107. The molecule has 0 bridgehead atoms. The normalized spacial score (nSPS) is 25.0. The number of fused-ring (bicyclic) bond motifs is 1. The molecule has 1 N–H and O–H groups in total. The second kappa shape index (κ2) is 8.79. The Morgan fingerprint density at radius 2 is 1.77 bits per heavy atom. The highest BCUT2D eigenvalue weighted by atomic mass is 32.2. The molecule has 7 nitrogen and oxygen atoms in total. The average molecular weight is 426 g/mol. The number of carbonyl (C=O) groups is 3. The topological polar surface area (TPSA) is 84.9 Å². The smallest absolute Gasteiger partial charge is 0.408 e. The molecule has 0 radical (unpaired) electrons. The van der Waals surface area contributed by atoms with Crippen molar-refractivity contribution in [3.63, 3.8) is 0 Å². The van der Waals surface area contributed by atoms with Crippen molar-refractivity contribution in [3.05, 3.63) is 71.8 Å². The Morgan fingerprint density at radius 1 is 1.10 bits per heavy atom. The lowest BCUT2D eigenvalue weighted by atomic mass is 9.94. The third kappa shape index (κ3) is 3.87. The van der Waals surface area contributed by atoms with Gasteiger partial charge in [0.05, 0.1) is 12.5 Å². The summed E-state index contributed by atoms with van der Waals surface area (Å²) in [5.41, 5.74) is 1.77. The number of hydrogen-bond acceptors (Lipinski definition) is 6. The molecule has 30 heavy (non-hydrogen) atoms. The molecule has 2 amide bonds. The summed E-state index contributed by atoms with van der Waals surface area (Å²) >= 11 is 1.52. The molecule has 2 fully saturated rings. The van der Waals surface area contributed by atoms with Gasteiger partial charge < -0.3 is 19.7 Å². The van der Waals surface area contributed by atoms with Crippen molar-refractivity contribution in [1.82, 2.24) is 10.2 Å². The van der Waals surface area contributed by atoms with E-state index >= 15 is 0 Å². The number of benzene rings is 2. The molecular formula is C22H22N2O5S. The Morgan fingerprint density at radius 3 is 2.43 bits per heavy atom. The maximum Gasteiger partial charge on any atom is 0.408 e. The highest BCUT2D eigenvalue weighted by Gasteiger charge is 2.57. The number of thioether (sulfide) groups is 1. The number of esters is 1. The lowest BCUT2D eigenvalue weighted by Gasteiger charge is -2.23. The first-order valence-electron chi connectivity index (χ1n) is 9.64. The molecule has 2 aliphatic heterocycles. The van der Waals surface area contributed by atoms with Crippen LogP contribution in [0.1, 0.15) is 17.0 Å². The molecule has 4 atom stereocenters. The molecule has 0 unspecified atom stereocenters. The van der Waals surface area contributed by atoms with Gasteiger partial charge in [-0.15, -0.1) is 11.8 Å². The molecule has 4 rings (SSSR count). The minimum Gasteiger partial charge on any atom is -0.467 e. The van der Waals surface area contributed by atoms with Crippen molar-refractivity contribution in [2.45, 2.75) is 30.0 Å². The van der Waals surface area contributed by atoms with Gasteiger partial charge in [0.15, 0.2) is 0 Å². The highest BCUT2D eigenvalue weighted by Crippen LogP contribution is 2.46. The first kappa shape index (κ1) is 20.3. The van der Waals surface area contributed by atoms with E-state index in [4.69, 9.17) is 9.47 Å². The quantitative estimate of drug-likeness (QED) is 0.740. The van der Waals surface area contributed by atoms with Gasteiger partial charge in [-0.3, -0.25) is 4.79 Å². The van der Waals surface area contributed by atoms with E-state index in [1.807, 2.05) is 60.7 Å². The number of amides is 2. The fourth-order valence-corrected chi connectivity index (χ4v) is 5.56. The number of nitrogens with one attached hydrogen (secondary N) is 1. The van der Waals surface area contributed by atoms with Crippen molar-refractivity contribution in [2.24, 2.45) is 0 Å². The summed E-state index contributed by atoms with van der Waals surface area (Å²) < 4.78 is 10.2. The molecule has 0 aromatic heterocycles. The first-order chi connectivity index (χ1) is 14.6. The number of methoxy groups -OCH3 is 1. The number of hydrogen-bond donors (Lipinski definition) is 1. The van der Waals surface area contributed by atoms with Crippen molar-refractivity contribution in [3.8, 4) is 0 Å². The molecule has 2 aromatic rings. The molecule has 0 aliphatic carbocycles. The zero-order chi connectivity index (χ0) is 21.1. The Hall–Kier alpha value is -3.00. The first-order valence-corrected chi connectivity index (χ1v) is 10.7. The Labute approximate surface area is 178 Å². The monoisotopic (exact) mass is 426 g/mol. The minimum atomic E-state index is -0.819. The van der Waals surface area contributed by atoms with Gasteiger partial charge >= 0.3 is 12.1 Å². The average Bonchev–Trinajstić information content (AvgIpc) is 3.32.